The van der Waals surface area contributed by atoms with Gasteiger partial charge in [-0.2, -0.15) is 0 Å². The lowest BCUT2D eigenvalue weighted by atomic mass is 10.1. The molecule has 1 unspecified atom stereocenters. The Morgan fingerprint density at radius 1 is 1.43 bits per heavy atom. The van der Waals surface area contributed by atoms with E-state index in [1.54, 1.807) is 0 Å². The lowest BCUT2D eigenvalue weighted by Crippen LogP contribution is -2.27. The molecule has 0 aliphatic heterocycles. The number of hydrogen-bond donors (Lipinski definition) is 2. The molecule has 2 nitrogen and oxygen atoms in total. The van der Waals surface area contributed by atoms with Crippen molar-refractivity contribution < 1.29 is 13.9 Å². The third kappa shape index (κ3) is 2.50. The second kappa shape index (κ2) is 4.82. The molecule has 0 amide bonds. The molecule has 0 spiro atoms. The first-order valence-electron chi connectivity index (χ1n) is 4.05. The predicted molar refractivity (Wildman–Crippen MR) is 52.8 cm³/mol. The number of aliphatic hydroxyl groups excluding tert-OH is 1. The highest BCUT2D eigenvalue weighted by Crippen LogP contribution is 2.22. The van der Waals surface area contributed by atoms with Gasteiger partial charge in [-0.3, -0.25) is 0 Å². The van der Waals surface area contributed by atoms with Gasteiger partial charge in [0.2, 0.25) is 0 Å². The highest BCUT2D eigenvalue weighted by Gasteiger charge is 2.14. The third-order valence-electron chi connectivity index (χ3n) is 1.84. The van der Waals surface area contributed by atoms with Gasteiger partial charge in [0.25, 0.3) is 0 Å². The summed E-state index contributed by atoms with van der Waals surface area (Å²) in [5.41, 5.74) is 5.30. The van der Waals surface area contributed by atoms with E-state index >= 15 is 0 Å². The molecule has 14 heavy (non-hydrogen) atoms. The summed E-state index contributed by atoms with van der Waals surface area (Å²) < 4.78 is 26.7. The van der Waals surface area contributed by atoms with Gasteiger partial charge in [-0.1, -0.05) is 0 Å². The maximum atomic E-state index is 13.3. The number of benzene rings is 1. The van der Waals surface area contributed by atoms with Gasteiger partial charge in [0.05, 0.1) is 11.1 Å². The number of rotatable bonds is 3. The fourth-order valence-corrected chi connectivity index (χ4v) is 1.45. The highest BCUT2D eigenvalue weighted by atomic mass is 79.9. The molecule has 0 heterocycles. The topological polar surface area (TPSA) is 46.2 Å². The van der Waals surface area contributed by atoms with Crippen LogP contribution in [-0.4, -0.2) is 17.8 Å². The van der Waals surface area contributed by atoms with Crippen LogP contribution in [0, 0.1) is 11.6 Å². The summed E-state index contributed by atoms with van der Waals surface area (Å²) >= 11 is 2.95. The Morgan fingerprint density at radius 3 is 2.64 bits per heavy atom. The minimum Gasteiger partial charge on any atom is -0.395 e. The van der Waals surface area contributed by atoms with Crippen molar-refractivity contribution in [1.82, 2.24) is 0 Å². The highest BCUT2D eigenvalue weighted by molar-refractivity contribution is 9.10. The molecular formula is C9H10BrF2NO. The standard InChI is InChI=1S/C9H10BrF2NO/c10-7-1-2-8(11)6(9(7)12)3-5(13)4-14/h1-2,5,14H,3-4,13H2. The Kier molecular flexibility index (Phi) is 3.97. The van der Waals surface area contributed by atoms with E-state index in [9.17, 15) is 8.78 Å². The molecule has 0 aromatic heterocycles. The van der Waals surface area contributed by atoms with Gasteiger partial charge in [0.1, 0.15) is 11.6 Å². The van der Waals surface area contributed by atoms with Crippen molar-refractivity contribution in [3.8, 4) is 0 Å². The molecule has 0 saturated carbocycles. The van der Waals surface area contributed by atoms with Gasteiger partial charge >= 0.3 is 0 Å². The summed E-state index contributed by atoms with van der Waals surface area (Å²) in [7, 11) is 0. The van der Waals surface area contributed by atoms with Crippen molar-refractivity contribution >= 4 is 15.9 Å². The molecule has 0 saturated heterocycles. The minimum atomic E-state index is -0.658. The van der Waals surface area contributed by atoms with Crippen LogP contribution in [0.3, 0.4) is 0 Å². The summed E-state index contributed by atoms with van der Waals surface area (Å²) in [6.07, 6.45) is -0.0202. The normalized spacial score (nSPS) is 12.9. The molecule has 0 bridgehead atoms. The van der Waals surface area contributed by atoms with Crippen molar-refractivity contribution in [2.45, 2.75) is 12.5 Å². The summed E-state index contributed by atoms with van der Waals surface area (Å²) in [5, 5.41) is 8.67. The lowest BCUT2D eigenvalue weighted by Gasteiger charge is -2.10. The molecular weight excluding hydrogens is 256 g/mol. The van der Waals surface area contributed by atoms with Crippen molar-refractivity contribution in [3.05, 3.63) is 33.8 Å². The lowest BCUT2D eigenvalue weighted by molar-refractivity contribution is 0.263. The monoisotopic (exact) mass is 265 g/mol. The molecule has 78 valence electrons. The average Bonchev–Trinajstić information content (AvgIpc) is 2.18. The third-order valence-corrected chi connectivity index (χ3v) is 2.45. The van der Waals surface area contributed by atoms with Crippen LogP contribution >= 0.6 is 15.9 Å². The zero-order valence-electron chi connectivity index (χ0n) is 7.30. The molecule has 0 radical (unpaired) electrons. The van der Waals surface area contributed by atoms with E-state index in [4.69, 9.17) is 10.8 Å². The first-order valence-corrected chi connectivity index (χ1v) is 4.84. The zero-order chi connectivity index (χ0) is 10.7. The molecule has 0 aliphatic rings. The molecule has 1 aromatic rings. The number of halogens is 3. The van der Waals surface area contributed by atoms with Crippen LogP contribution in [0.2, 0.25) is 0 Å². The largest absolute Gasteiger partial charge is 0.395 e. The number of hydrogen-bond acceptors (Lipinski definition) is 2. The van der Waals surface area contributed by atoms with Crippen molar-refractivity contribution in [2.24, 2.45) is 5.73 Å². The predicted octanol–water partition coefficient (Wildman–Crippen LogP) is 1.59. The maximum Gasteiger partial charge on any atom is 0.143 e. The zero-order valence-corrected chi connectivity index (χ0v) is 8.89. The SMILES string of the molecule is NC(CO)Cc1c(F)ccc(Br)c1F. The fraction of sp³-hybridized carbons (Fsp3) is 0.333. The summed E-state index contributed by atoms with van der Waals surface area (Å²) in [4.78, 5) is 0. The van der Waals surface area contributed by atoms with Crippen LogP contribution < -0.4 is 5.73 Å². The molecule has 0 fully saturated rings. The van der Waals surface area contributed by atoms with E-state index in [1.165, 1.54) is 6.07 Å². The summed E-state index contributed by atoms with van der Waals surface area (Å²) in [5.74, 6) is -1.30. The van der Waals surface area contributed by atoms with Gasteiger partial charge in [0, 0.05) is 11.6 Å². The second-order valence-corrected chi connectivity index (χ2v) is 3.82. The number of nitrogens with two attached hydrogens (primary N) is 1. The minimum absolute atomic E-state index is 0.0202. The van der Waals surface area contributed by atoms with Crippen LogP contribution in [0.25, 0.3) is 0 Å². The fourth-order valence-electron chi connectivity index (χ4n) is 1.08. The smallest absolute Gasteiger partial charge is 0.143 e. The van der Waals surface area contributed by atoms with Gasteiger partial charge in [-0.15, -0.1) is 0 Å². The molecule has 1 atom stereocenters. The first kappa shape index (κ1) is 11.6. The van der Waals surface area contributed by atoms with E-state index in [0.717, 1.165) is 6.07 Å². The van der Waals surface area contributed by atoms with Crippen LogP contribution in [0.4, 0.5) is 8.78 Å². The van der Waals surface area contributed by atoms with E-state index < -0.39 is 17.7 Å². The van der Waals surface area contributed by atoms with Gasteiger partial charge in [-0.05, 0) is 34.5 Å². The van der Waals surface area contributed by atoms with Crippen LogP contribution in [0.15, 0.2) is 16.6 Å². The van der Waals surface area contributed by atoms with Crippen LogP contribution in [0.5, 0.6) is 0 Å². The maximum absolute atomic E-state index is 13.3. The Hall–Kier alpha value is -0.520. The molecule has 1 aromatic carbocycles. The Bertz CT molecular complexity index is 333. The van der Waals surface area contributed by atoms with Crippen molar-refractivity contribution in [3.63, 3.8) is 0 Å². The Labute approximate surface area is 88.9 Å². The molecule has 3 N–H and O–H groups in total. The summed E-state index contributed by atoms with van der Waals surface area (Å²) in [6, 6.07) is 1.80. The van der Waals surface area contributed by atoms with E-state index in [0.29, 0.717) is 0 Å². The molecule has 5 heteroatoms. The summed E-state index contributed by atoms with van der Waals surface area (Å²) in [6.45, 7) is -0.300. The van der Waals surface area contributed by atoms with Gasteiger partial charge in [0.15, 0.2) is 0 Å². The van der Waals surface area contributed by atoms with E-state index in [1.807, 2.05) is 0 Å². The molecule has 0 aliphatic carbocycles. The van der Waals surface area contributed by atoms with Crippen molar-refractivity contribution in [2.75, 3.05) is 6.61 Å². The van der Waals surface area contributed by atoms with Crippen LogP contribution in [0.1, 0.15) is 5.56 Å². The van der Waals surface area contributed by atoms with E-state index in [2.05, 4.69) is 15.9 Å². The van der Waals surface area contributed by atoms with Crippen LogP contribution in [-0.2, 0) is 6.42 Å². The van der Waals surface area contributed by atoms with E-state index in [-0.39, 0.29) is 23.1 Å². The second-order valence-electron chi connectivity index (χ2n) is 2.97. The van der Waals surface area contributed by atoms with Gasteiger partial charge < -0.3 is 10.8 Å². The quantitative estimate of drug-likeness (QED) is 0.816. The van der Waals surface area contributed by atoms with Crippen molar-refractivity contribution in [1.29, 1.82) is 0 Å². The molecule has 1 rings (SSSR count). The average molecular weight is 266 g/mol. The first-order chi connectivity index (χ1) is 6.56. The number of aliphatic hydroxyl groups is 1. The van der Waals surface area contributed by atoms with Gasteiger partial charge in [-0.25, -0.2) is 8.78 Å². The Balaban J connectivity index is 3.00. The Morgan fingerprint density at radius 2 is 2.07 bits per heavy atom.